The molecular weight excluding hydrogens is 244 g/mol. The molecule has 0 saturated carbocycles. The first kappa shape index (κ1) is 15.5. The number of rotatable bonds is 7. The third-order valence-electron chi connectivity index (χ3n) is 2.23. The zero-order chi connectivity index (χ0) is 13.9. The van der Waals surface area contributed by atoms with Gasteiger partial charge in [-0.15, -0.1) is 0 Å². The van der Waals surface area contributed by atoms with Gasteiger partial charge < -0.3 is 19.3 Å². The molecule has 0 bridgehead atoms. The monoisotopic (exact) mass is 264 g/mol. The Morgan fingerprint density at radius 1 is 1.11 bits per heavy atom. The normalized spacial score (nSPS) is 10.3. The summed E-state index contributed by atoms with van der Waals surface area (Å²) in [7, 11) is 0. The van der Waals surface area contributed by atoms with Gasteiger partial charge in [0.2, 0.25) is 0 Å². The van der Waals surface area contributed by atoms with Crippen molar-refractivity contribution in [2.45, 2.75) is 20.1 Å². The molecule has 1 aromatic carbocycles. The SMILES string of the molecule is CCOC(COCC#Cc1ccc(O)cc1)OCC. The van der Waals surface area contributed by atoms with Gasteiger partial charge in [-0.25, -0.2) is 0 Å². The van der Waals surface area contributed by atoms with Crippen LogP contribution in [0.4, 0.5) is 0 Å². The van der Waals surface area contributed by atoms with E-state index in [9.17, 15) is 0 Å². The van der Waals surface area contributed by atoms with E-state index in [1.165, 1.54) is 0 Å². The second-order valence-corrected chi connectivity index (χ2v) is 3.70. The Hall–Kier alpha value is -1.54. The molecule has 1 rings (SSSR count). The fourth-order valence-electron chi connectivity index (χ4n) is 1.41. The Morgan fingerprint density at radius 3 is 2.32 bits per heavy atom. The van der Waals surface area contributed by atoms with Gasteiger partial charge in [0.25, 0.3) is 0 Å². The number of hydrogen-bond donors (Lipinski definition) is 1. The summed E-state index contributed by atoms with van der Waals surface area (Å²) in [5, 5.41) is 9.13. The van der Waals surface area contributed by atoms with Crippen molar-refractivity contribution in [1.29, 1.82) is 0 Å². The minimum atomic E-state index is -0.328. The van der Waals surface area contributed by atoms with Crippen molar-refractivity contribution in [1.82, 2.24) is 0 Å². The predicted octanol–water partition coefficient (Wildman–Crippen LogP) is 2.16. The molecule has 0 radical (unpaired) electrons. The lowest BCUT2D eigenvalue weighted by molar-refractivity contribution is -0.164. The lowest BCUT2D eigenvalue weighted by Gasteiger charge is -2.15. The van der Waals surface area contributed by atoms with Crippen LogP contribution in [0.5, 0.6) is 5.75 Å². The first-order valence-electron chi connectivity index (χ1n) is 6.35. The van der Waals surface area contributed by atoms with Crippen LogP contribution < -0.4 is 0 Å². The van der Waals surface area contributed by atoms with E-state index in [4.69, 9.17) is 19.3 Å². The predicted molar refractivity (Wildman–Crippen MR) is 72.8 cm³/mol. The minimum Gasteiger partial charge on any atom is -0.508 e. The zero-order valence-electron chi connectivity index (χ0n) is 11.4. The first-order valence-corrected chi connectivity index (χ1v) is 6.35. The molecule has 0 aliphatic carbocycles. The summed E-state index contributed by atoms with van der Waals surface area (Å²) in [5.41, 5.74) is 0.840. The quantitative estimate of drug-likeness (QED) is 0.466. The Labute approximate surface area is 114 Å². The lowest BCUT2D eigenvalue weighted by atomic mass is 10.2. The van der Waals surface area contributed by atoms with Gasteiger partial charge in [-0.3, -0.25) is 0 Å². The third-order valence-corrected chi connectivity index (χ3v) is 2.23. The molecule has 0 amide bonds. The molecule has 0 unspecified atom stereocenters. The topological polar surface area (TPSA) is 47.9 Å². The standard InChI is InChI=1S/C15H20O4/c1-3-18-15(19-4-2)12-17-11-5-6-13-7-9-14(16)10-8-13/h7-10,15-16H,3-4,11-12H2,1-2H3. The number of phenolic OH excluding ortho intramolecular Hbond substituents is 1. The van der Waals surface area contributed by atoms with E-state index in [-0.39, 0.29) is 12.0 Å². The molecule has 0 atom stereocenters. The molecule has 0 aliphatic heterocycles. The summed E-state index contributed by atoms with van der Waals surface area (Å²) in [5.74, 6) is 6.07. The van der Waals surface area contributed by atoms with Crippen LogP contribution >= 0.6 is 0 Å². The van der Waals surface area contributed by atoms with Crippen LogP contribution in [0.3, 0.4) is 0 Å². The van der Waals surface area contributed by atoms with Crippen molar-refractivity contribution in [3.8, 4) is 17.6 Å². The molecule has 0 aromatic heterocycles. The van der Waals surface area contributed by atoms with Crippen molar-refractivity contribution < 1.29 is 19.3 Å². The smallest absolute Gasteiger partial charge is 0.180 e. The zero-order valence-corrected chi connectivity index (χ0v) is 11.4. The number of hydrogen-bond acceptors (Lipinski definition) is 4. The van der Waals surface area contributed by atoms with Gasteiger partial charge in [-0.2, -0.15) is 0 Å². The maximum Gasteiger partial charge on any atom is 0.180 e. The van der Waals surface area contributed by atoms with E-state index in [0.717, 1.165) is 5.56 Å². The number of ether oxygens (including phenoxy) is 3. The van der Waals surface area contributed by atoms with Gasteiger partial charge in [0.05, 0.1) is 6.61 Å². The van der Waals surface area contributed by atoms with Crippen molar-refractivity contribution in [3.05, 3.63) is 29.8 Å². The summed E-state index contributed by atoms with van der Waals surface area (Å²) < 4.78 is 16.0. The highest BCUT2D eigenvalue weighted by Crippen LogP contribution is 2.08. The Bertz CT molecular complexity index is 396. The average Bonchev–Trinajstić information content (AvgIpc) is 2.41. The molecule has 1 aromatic rings. The van der Waals surface area contributed by atoms with Crippen molar-refractivity contribution in [2.75, 3.05) is 26.4 Å². The fourth-order valence-corrected chi connectivity index (χ4v) is 1.41. The van der Waals surface area contributed by atoms with E-state index in [1.807, 2.05) is 13.8 Å². The Morgan fingerprint density at radius 2 is 1.74 bits per heavy atom. The van der Waals surface area contributed by atoms with Gasteiger partial charge >= 0.3 is 0 Å². The maximum absolute atomic E-state index is 9.13. The van der Waals surface area contributed by atoms with Gasteiger partial charge in [-0.1, -0.05) is 11.8 Å². The highest BCUT2D eigenvalue weighted by molar-refractivity contribution is 5.37. The van der Waals surface area contributed by atoms with Gasteiger partial charge in [-0.05, 0) is 38.1 Å². The van der Waals surface area contributed by atoms with E-state index in [0.29, 0.717) is 26.4 Å². The third kappa shape index (κ3) is 6.82. The van der Waals surface area contributed by atoms with Gasteiger partial charge in [0.15, 0.2) is 6.29 Å². The molecule has 0 heterocycles. The van der Waals surface area contributed by atoms with Crippen LogP contribution in [-0.2, 0) is 14.2 Å². The second-order valence-electron chi connectivity index (χ2n) is 3.70. The van der Waals surface area contributed by atoms with Crippen molar-refractivity contribution in [3.63, 3.8) is 0 Å². The lowest BCUT2D eigenvalue weighted by Crippen LogP contribution is -2.23. The molecule has 104 valence electrons. The van der Waals surface area contributed by atoms with Crippen LogP contribution in [-0.4, -0.2) is 37.8 Å². The van der Waals surface area contributed by atoms with Crippen LogP contribution in [0, 0.1) is 11.8 Å². The maximum atomic E-state index is 9.13. The van der Waals surface area contributed by atoms with E-state index in [1.54, 1.807) is 24.3 Å². The van der Waals surface area contributed by atoms with Gasteiger partial charge in [0, 0.05) is 18.8 Å². The Balaban J connectivity index is 2.28. The highest BCUT2D eigenvalue weighted by Gasteiger charge is 2.06. The summed E-state index contributed by atoms with van der Waals surface area (Å²) in [6, 6.07) is 6.72. The Kier molecular flexibility index (Phi) is 7.68. The fraction of sp³-hybridized carbons (Fsp3) is 0.467. The van der Waals surface area contributed by atoms with Gasteiger partial charge in [0.1, 0.15) is 12.4 Å². The number of phenols is 1. The number of aromatic hydroxyl groups is 1. The van der Waals surface area contributed by atoms with E-state index >= 15 is 0 Å². The minimum absolute atomic E-state index is 0.234. The van der Waals surface area contributed by atoms with Crippen LogP contribution in [0.15, 0.2) is 24.3 Å². The van der Waals surface area contributed by atoms with Crippen molar-refractivity contribution >= 4 is 0 Å². The van der Waals surface area contributed by atoms with Crippen LogP contribution in [0.2, 0.25) is 0 Å². The summed E-state index contributed by atoms with van der Waals surface area (Å²) in [6.45, 7) is 5.69. The second kappa shape index (κ2) is 9.40. The van der Waals surface area contributed by atoms with E-state index in [2.05, 4.69) is 11.8 Å². The molecule has 1 N–H and O–H groups in total. The van der Waals surface area contributed by atoms with E-state index < -0.39 is 0 Å². The summed E-state index contributed by atoms with van der Waals surface area (Å²) in [6.07, 6.45) is -0.328. The summed E-state index contributed by atoms with van der Waals surface area (Å²) >= 11 is 0. The molecule has 4 nitrogen and oxygen atoms in total. The molecule has 0 saturated heterocycles. The molecular formula is C15H20O4. The molecule has 4 heteroatoms. The van der Waals surface area contributed by atoms with Crippen LogP contribution in [0.25, 0.3) is 0 Å². The number of benzene rings is 1. The molecule has 0 aliphatic rings. The first-order chi connectivity index (χ1) is 9.26. The highest BCUT2D eigenvalue weighted by atomic mass is 16.7. The van der Waals surface area contributed by atoms with Crippen molar-refractivity contribution in [2.24, 2.45) is 0 Å². The summed E-state index contributed by atoms with van der Waals surface area (Å²) in [4.78, 5) is 0. The average molecular weight is 264 g/mol. The largest absolute Gasteiger partial charge is 0.508 e. The van der Waals surface area contributed by atoms with Crippen LogP contribution in [0.1, 0.15) is 19.4 Å². The molecule has 19 heavy (non-hydrogen) atoms. The molecule has 0 spiro atoms. The molecule has 0 fully saturated rings.